The van der Waals surface area contributed by atoms with Crippen molar-refractivity contribution in [1.82, 2.24) is 4.98 Å². The number of ether oxygens (including phenoxy) is 1. The van der Waals surface area contributed by atoms with E-state index in [1.807, 2.05) is 0 Å². The highest BCUT2D eigenvalue weighted by Crippen LogP contribution is 2.23. The lowest BCUT2D eigenvalue weighted by molar-refractivity contribution is -0.154. The van der Waals surface area contributed by atoms with Crippen LogP contribution in [-0.2, 0) is 0 Å². The molecule has 0 saturated heterocycles. The van der Waals surface area contributed by atoms with E-state index < -0.39 is 35.2 Å². The number of hydrogen-bond donors (Lipinski definition) is 0. The summed E-state index contributed by atoms with van der Waals surface area (Å²) in [5.41, 5.74) is -0.453. The van der Waals surface area contributed by atoms with E-state index in [-0.39, 0.29) is 0 Å². The minimum Gasteiger partial charge on any atom is -0.467 e. The van der Waals surface area contributed by atoms with E-state index in [2.05, 4.69) is 9.72 Å². The Morgan fingerprint density at radius 3 is 2.62 bits per heavy atom. The number of rotatable bonds is 2. The second kappa shape index (κ2) is 4.53. The second-order valence-electron chi connectivity index (χ2n) is 2.63. The van der Waals surface area contributed by atoms with Crippen LogP contribution in [0.1, 0.15) is 5.56 Å². The summed E-state index contributed by atoms with van der Waals surface area (Å²) in [5, 5.41) is 7.85. The third-order valence-electron chi connectivity index (χ3n) is 1.39. The summed E-state index contributed by atoms with van der Waals surface area (Å²) in [6, 6.07) is 2.10. The predicted octanol–water partition coefficient (Wildman–Crippen LogP) is 2.69. The van der Waals surface area contributed by atoms with Gasteiger partial charge in [-0.3, -0.25) is 0 Å². The minimum absolute atomic E-state index is 0.453. The molecular weight excluding hydrogens is 252 g/mol. The van der Waals surface area contributed by atoms with Gasteiger partial charge in [-0.2, -0.15) is 23.4 Å². The van der Waals surface area contributed by atoms with Gasteiger partial charge in [0.15, 0.2) is 17.6 Å². The van der Waals surface area contributed by atoms with Crippen molar-refractivity contribution in [2.45, 2.75) is 6.18 Å². The smallest absolute Gasteiger partial charge is 0.422 e. The summed E-state index contributed by atoms with van der Waals surface area (Å²) in [6.07, 6.45) is -4.57. The van der Waals surface area contributed by atoms with Crippen LogP contribution in [0.2, 0.25) is 5.15 Å². The molecule has 0 N–H and O–H groups in total. The monoisotopic (exact) mass is 254 g/mol. The van der Waals surface area contributed by atoms with Crippen molar-refractivity contribution in [3.63, 3.8) is 0 Å². The van der Waals surface area contributed by atoms with E-state index in [1.165, 1.54) is 6.07 Å². The summed E-state index contributed by atoms with van der Waals surface area (Å²) >= 11 is 5.24. The van der Waals surface area contributed by atoms with E-state index in [0.717, 1.165) is 0 Å². The van der Waals surface area contributed by atoms with Gasteiger partial charge in [0, 0.05) is 6.07 Å². The maximum absolute atomic E-state index is 12.8. The second-order valence-corrected chi connectivity index (χ2v) is 2.99. The normalized spacial score (nSPS) is 11.0. The molecule has 0 radical (unpaired) electrons. The van der Waals surface area contributed by atoms with Crippen LogP contribution >= 0.6 is 11.6 Å². The first-order valence-electron chi connectivity index (χ1n) is 3.79. The maximum Gasteiger partial charge on any atom is 0.422 e. The van der Waals surface area contributed by atoms with Crippen molar-refractivity contribution < 1.29 is 22.3 Å². The fourth-order valence-corrected chi connectivity index (χ4v) is 0.922. The van der Waals surface area contributed by atoms with E-state index in [1.54, 1.807) is 0 Å². The van der Waals surface area contributed by atoms with Gasteiger partial charge in [-0.15, -0.1) is 0 Å². The quantitative estimate of drug-likeness (QED) is 0.602. The molecule has 0 aliphatic heterocycles. The molecule has 86 valence electrons. The highest BCUT2D eigenvalue weighted by molar-refractivity contribution is 6.29. The predicted molar refractivity (Wildman–Crippen MR) is 45.5 cm³/mol. The van der Waals surface area contributed by atoms with Crippen LogP contribution in [0.15, 0.2) is 6.07 Å². The Kier molecular flexibility index (Phi) is 3.55. The van der Waals surface area contributed by atoms with Crippen molar-refractivity contribution in [2.75, 3.05) is 6.61 Å². The summed E-state index contributed by atoms with van der Waals surface area (Å²) in [5.74, 6) is -1.65. The molecule has 0 aliphatic rings. The molecular formula is C8H3ClF4N2O. The number of nitriles is 1. The highest BCUT2D eigenvalue weighted by atomic mass is 35.5. The summed E-state index contributed by atoms with van der Waals surface area (Å²) in [7, 11) is 0. The van der Waals surface area contributed by atoms with Gasteiger partial charge in [0.2, 0.25) is 5.88 Å². The summed E-state index contributed by atoms with van der Waals surface area (Å²) in [6.45, 7) is -1.63. The van der Waals surface area contributed by atoms with Crippen LogP contribution in [0, 0.1) is 17.1 Å². The topological polar surface area (TPSA) is 45.9 Å². The van der Waals surface area contributed by atoms with Crippen LogP contribution in [0.3, 0.4) is 0 Å². The van der Waals surface area contributed by atoms with Gasteiger partial charge in [0.05, 0.1) is 0 Å². The average molecular weight is 255 g/mol. The Balaban J connectivity index is 2.96. The fourth-order valence-electron chi connectivity index (χ4n) is 0.791. The van der Waals surface area contributed by atoms with Gasteiger partial charge < -0.3 is 4.74 Å². The van der Waals surface area contributed by atoms with Gasteiger partial charge in [-0.25, -0.2) is 4.39 Å². The number of pyridine rings is 1. The highest BCUT2D eigenvalue weighted by Gasteiger charge is 2.29. The van der Waals surface area contributed by atoms with Gasteiger partial charge in [0.1, 0.15) is 11.6 Å². The van der Waals surface area contributed by atoms with Crippen LogP contribution in [0.4, 0.5) is 17.6 Å². The zero-order chi connectivity index (χ0) is 12.3. The van der Waals surface area contributed by atoms with E-state index in [0.29, 0.717) is 6.07 Å². The molecule has 0 spiro atoms. The molecule has 1 rings (SSSR count). The first kappa shape index (κ1) is 12.5. The summed E-state index contributed by atoms with van der Waals surface area (Å²) < 4.78 is 52.5. The molecule has 0 bridgehead atoms. The van der Waals surface area contributed by atoms with Gasteiger partial charge >= 0.3 is 6.18 Å². The Morgan fingerprint density at radius 2 is 2.12 bits per heavy atom. The zero-order valence-electron chi connectivity index (χ0n) is 7.48. The first-order chi connectivity index (χ1) is 7.33. The van der Waals surface area contributed by atoms with Gasteiger partial charge in [-0.1, -0.05) is 11.6 Å². The number of halogens is 5. The van der Waals surface area contributed by atoms with Crippen LogP contribution in [0.5, 0.6) is 5.88 Å². The molecule has 0 unspecified atom stereocenters. The Bertz CT molecular complexity index is 441. The molecule has 1 aromatic heterocycles. The third kappa shape index (κ3) is 3.24. The third-order valence-corrected chi connectivity index (χ3v) is 1.66. The lowest BCUT2D eigenvalue weighted by Gasteiger charge is -2.09. The first-order valence-corrected chi connectivity index (χ1v) is 4.17. The van der Waals surface area contributed by atoms with Crippen molar-refractivity contribution in [2.24, 2.45) is 0 Å². The zero-order valence-corrected chi connectivity index (χ0v) is 8.23. The van der Waals surface area contributed by atoms with Crippen LogP contribution in [-0.4, -0.2) is 17.8 Å². The van der Waals surface area contributed by atoms with E-state index in [4.69, 9.17) is 16.9 Å². The number of aromatic nitrogens is 1. The van der Waals surface area contributed by atoms with Crippen molar-refractivity contribution in [3.05, 3.63) is 22.6 Å². The lowest BCUT2D eigenvalue weighted by Crippen LogP contribution is -2.20. The largest absolute Gasteiger partial charge is 0.467 e. The van der Waals surface area contributed by atoms with Crippen molar-refractivity contribution in [3.8, 4) is 11.9 Å². The van der Waals surface area contributed by atoms with E-state index >= 15 is 0 Å². The van der Waals surface area contributed by atoms with Crippen LogP contribution < -0.4 is 4.74 Å². The minimum atomic E-state index is -4.57. The molecule has 0 atom stereocenters. The van der Waals surface area contributed by atoms with Crippen LogP contribution in [0.25, 0.3) is 0 Å². The molecule has 0 amide bonds. The summed E-state index contributed by atoms with van der Waals surface area (Å²) in [4.78, 5) is 3.19. The molecule has 0 fully saturated rings. The molecule has 0 aliphatic carbocycles. The Morgan fingerprint density at radius 1 is 1.50 bits per heavy atom. The molecule has 3 nitrogen and oxygen atoms in total. The average Bonchev–Trinajstić information content (AvgIpc) is 2.18. The molecule has 0 aromatic carbocycles. The standard InChI is InChI=1S/C8H3ClF4N2O/c9-6-5(10)1-4(2-14)7(15-6)16-3-8(11,12)13/h1H,3H2. The van der Waals surface area contributed by atoms with Crippen molar-refractivity contribution in [1.29, 1.82) is 5.26 Å². The van der Waals surface area contributed by atoms with Gasteiger partial charge in [-0.05, 0) is 0 Å². The SMILES string of the molecule is N#Cc1cc(F)c(Cl)nc1OCC(F)(F)F. The number of hydrogen-bond acceptors (Lipinski definition) is 3. The number of nitrogens with zero attached hydrogens (tertiary/aromatic N) is 2. The molecule has 16 heavy (non-hydrogen) atoms. The molecule has 8 heteroatoms. The Hall–Kier alpha value is -1.55. The molecule has 0 saturated carbocycles. The maximum atomic E-state index is 12.8. The van der Waals surface area contributed by atoms with Gasteiger partial charge in [0.25, 0.3) is 0 Å². The molecule has 1 aromatic rings. The fraction of sp³-hybridized carbons (Fsp3) is 0.250. The lowest BCUT2D eigenvalue weighted by atomic mass is 10.3. The van der Waals surface area contributed by atoms with Crippen molar-refractivity contribution >= 4 is 11.6 Å². The number of alkyl halides is 3. The molecule has 1 heterocycles. The van der Waals surface area contributed by atoms with E-state index in [9.17, 15) is 17.6 Å². The Labute approximate surface area is 92.2 Å².